The van der Waals surface area contributed by atoms with Crippen molar-refractivity contribution in [2.24, 2.45) is 11.8 Å². The lowest BCUT2D eigenvalue weighted by Crippen LogP contribution is -2.58. The number of hydrogen-bond acceptors (Lipinski definition) is 2. The fraction of sp³-hybridized carbons (Fsp3) is 0.538. The van der Waals surface area contributed by atoms with Gasteiger partial charge in [-0.1, -0.05) is 40.5 Å². The summed E-state index contributed by atoms with van der Waals surface area (Å²) >= 11 is 3.64. The standard InChI is InChI=1S/C13H15BrO2S/c14-12-10-7-4-8-11(12)13(10)17(15,16)9-5-2-1-3-6-9/h1-3,5-6,10-13H,4,7-8H2/t10-,11-,12?,13?/m1/s1. The third kappa shape index (κ3) is 1.68. The number of sulfone groups is 1. The largest absolute Gasteiger partial charge is 0.223 e. The lowest BCUT2D eigenvalue weighted by molar-refractivity contribution is 0.138. The van der Waals surface area contributed by atoms with Gasteiger partial charge in [0.1, 0.15) is 0 Å². The van der Waals surface area contributed by atoms with Crippen LogP contribution in [0, 0.1) is 11.8 Å². The average molecular weight is 315 g/mol. The molecule has 92 valence electrons. The quantitative estimate of drug-likeness (QED) is 0.786. The van der Waals surface area contributed by atoms with Crippen LogP contribution in [0.1, 0.15) is 19.3 Å². The van der Waals surface area contributed by atoms with Crippen LogP contribution in [0.4, 0.5) is 0 Å². The summed E-state index contributed by atoms with van der Waals surface area (Å²) in [5.41, 5.74) is 0. The second kappa shape index (κ2) is 4.09. The Morgan fingerprint density at radius 3 is 2.18 bits per heavy atom. The zero-order valence-corrected chi connectivity index (χ0v) is 11.8. The zero-order valence-electron chi connectivity index (χ0n) is 9.42. The molecule has 0 spiro atoms. The fourth-order valence-electron chi connectivity index (χ4n) is 3.32. The Bertz CT molecular complexity index is 499. The molecule has 1 aromatic carbocycles. The van der Waals surface area contributed by atoms with Crippen molar-refractivity contribution < 1.29 is 8.42 Å². The van der Waals surface area contributed by atoms with Gasteiger partial charge in [0.25, 0.3) is 0 Å². The molecule has 2 aliphatic carbocycles. The first-order valence-electron chi connectivity index (χ1n) is 6.05. The van der Waals surface area contributed by atoms with Crippen LogP contribution in [-0.2, 0) is 9.84 Å². The minimum absolute atomic E-state index is 0.150. The highest BCUT2D eigenvalue weighted by molar-refractivity contribution is 9.09. The molecule has 0 saturated heterocycles. The Morgan fingerprint density at radius 2 is 1.65 bits per heavy atom. The van der Waals surface area contributed by atoms with Crippen molar-refractivity contribution in [2.45, 2.75) is 34.2 Å². The van der Waals surface area contributed by atoms with Crippen molar-refractivity contribution in [2.75, 3.05) is 0 Å². The molecule has 0 heterocycles. The van der Waals surface area contributed by atoms with Gasteiger partial charge in [0.15, 0.2) is 9.84 Å². The van der Waals surface area contributed by atoms with E-state index in [0.29, 0.717) is 21.6 Å². The summed E-state index contributed by atoms with van der Waals surface area (Å²) in [6.45, 7) is 0. The molecule has 2 bridgehead atoms. The molecule has 0 N–H and O–H groups in total. The van der Waals surface area contributed by atoms with E-state index in [0.717, 1.165) is 12.8 Å². The van der Waals surface area contributed by atoms with Gasteiger partial charge >= 0.3 is 0 Å². The molecule has 17 heavy (non-hydrogen) atoms. The van der Waals surface area contributed by atoms with Gasteiger partial charge in [-0.15, -0.1) is 0 Å². The van der Waals surface area contributed by atoms with Crippen molar-refractivity contribution in [3.8, 4) is 0 Å². The predicted molar refractivity (Wildman–Crippen MR) is 71.0 cm³/mol. The molecule has 2 atom stereocenters. The molecule has 0 unspecified atom stereocenters. The van der Waals surface area contributed by atoms with Gasteiger partial charge in [-0.25, -0.2) is 8.42 Å². The van der Waals surface area contributed by atoms with Gasteiger partial charge in [0.2, 0.25) is 0 Å². The van der Waals surface area contributed by atoms with Crippen LogP contribution in [0.3, 0.4) is 0 Å². The smallest absolute Gasteiger partial charge is 0.181 e. The third-order valence-corrected chi connectivity index (χ3v) is 7.87. The van der Waals surface area contributed by atoms with Gasteiger partial charge in [-0.05, 0) is 36.8 Å². The molecule has 3 rings (SSSR count). The van der Waals surface area contributed by atoms with Crippen LogP contribution >= 0.6 is 15.9 Å². The fourth-order valence-corrected chi connectivity index (χ4v) is 7.29. The molecule has 0 amide bonds. The highest BCUT2D eigenvalue weighted by Crippen LogP contribution is 2.54. The first-order valence-corrected chi connectivity index (χ1v) is 8.51. The molecule has 0 radical (unpaired) electrons. The van der Waals surface area contributed by atoms with Gasteiger partial charge < -0.3 is 0 Å². The van der Waals surface area contributed by atoms with Crippen molar-refractivity contribution in [1.29, 1.82) is 0 Å². The molecule has 0 aliphatic heterocycles. The van der Waals surface area contributed by atoms with E-state index in [4.69, 9.17) is 0 Å². The van der Waals surface area contributed by atoms with E-state index < -0.39 is 9.84 Å². The van der Waals surface area contributed by atoms with E-state index in [-0.39, 0.29) is 5.25 Å². The summed E-state index contributed by atoms with van der Waals surface area (Å²) in [5, 5.41) is -0.150. The van der Waals surface area contributed by atoms with E-state index in [1.54, 1.807) is 24.3 Å². The Hall–Kier alpha value is -0.350. The van der Waals surface area contributed by atoms with Gasteiger partial charge in [0.05, 0.1) is 10.1 Å². The van der Waals surface area contributed by atoms with Crippen LogP contribution in [-0.4, -0.2) is 18.5 Å². The maximum atomic E-state index is 12.6. The number of benzene rings is 1. The minimum atomic E-state index is -3.12. The molecule has 2 nitrogen and oxygen atoms in total. The number of rotatable bonds is 2. The predicted octanol–water partition coefficient (Wildman–Crippen LogP) is 3.02. The Morgan fingerprint density at radius 1 is 1.06 bits per heavy atom. The maximum absolute atomic E-state index is 12.6. The SMILES string of the molecule is O=S(=O)(c1ccccc1)C1[C@@H]2CCC[C@@H]1C2Br. The monoisotopic (exact) mass is 314 g/mol. The third-order valence-electron chi connectivity index (χ3n) is 4.17. The van der Waals surface area contributed by atoms with Crippen LogP contribution in [0.5, 0.6) is 0 Å². The molecular formula is C13H15BrO2S. The van der Waals surface area contributed by atoms with E-state index in [9.17, 15) is 8.42 Å². The Balaban J connectivity index is 1.96. The Kier molecular flexibility index (Phi) is 2.82. The van der Waals surface area contributed by atoms with Crippen LogP contribution < -0.4 is 0 Å². The van der Waals surface area contributed by atoms with E-state index in [1.807, 2.05) is 6.07 Å². The lowest BCUT2D eigenvalue weighted by Gasteiger charge is -2.53. The number of hydrogen-bond donors (Lipinski definition) is 0. The van der Waals surface area contributed by atoms with E-state index in [1.165, 1.54) is 6.42 Å². The summed E-state index contributed by atoms with van der Waals surface area (Å²) in [5.74, 6) is 0.637. The van der Waals surface area contributed by atoms with Crippen molar-refractivity contribution >= 4 is 25.8 Å². The highest BCUT2D eigenvalue weighted by atomic mass is 79.9. The molecule has 2 saturated carbocycles. The van der Waals surface area contributed by atoms with Crippen molar-refractivity contribution in [1.82, 2.24) is 0 Å². The summed E-state index contributed by atoms with van der Waals surface area (Å²) in [4.78, 5) is 0.904. The average Bonchev–Trinajstić information content (AvgIpc) is 2.38. The molecule has 4 heteroatoms. The zero-order chi connectivity index (χ0) is 12.0. The maximum Gasteiger partial charge on any atom is 0.181 e. The molecule has 2 aliphatic rings. The van der Waals surface area contributed by atoms with Crippen LogP contribution in [0.2, 0.25) is 0 Å². The second-order valence-electron chi connectivity index (χ2n) is 5.03. The number of alkyl halides is 1. The van der Waals surface area contributed by atoms with E-state index >= 15 is 0 Å². The topological polar surface area (TPSA) is 34.1 Å². The first kappa shape index (κ1) is 11.7. The molecule has 0 aromatic heterocycles. The lowest BCUT2D eigenvalue weighted by atomic mass is 9.64. The summed E-state index contributed by atoms with van der Waals surface area (Å²) < 4.78 is 25.1. The van der Waals surface area contributed by atoms with Crippen LogP contribution in [0.25, 0.3) is 0 Å². The van der Waals surface area contributed by atoms with Gasteiger partial charge in [0, 0.05) is 4.83 Å². The van der Waals surface area contributed by atoms with Crippen molar-refractivity contribution in [3.63, 3.8) is 0 Å². The summed E-state index contributed by atoms with van der Waals surface area (Å²) in [6, 6.07) is 8.88. The highest BCUT2D eigenvalue weighted by Gasteiger charge is 2.57. The van der Waals surface area contributed by atoms with Gasteiger partial charge in [-0.2, -0.15) is 0 Å². The second-order valence-corrected chi connectivity index (χ2v) is 8.19. The molecular weight excluding hydrogens is 300 g/mol. The number of halogens is 1. The molecule has 2 fully saturated rings. The Labute approximate surface area is 110 Å². The van der Waals surface area contributed by atoms with Crippen molar-refractivity contribution in [3.05, 3.63) is 30.3 Å². The normalized spacial score (nSPS) is 36.3. The van der Waals surface area contributed by atoms with Gasteiger partial charge in [-0.3, -0.25) is 0 Å². The van der Waals surface area contributed by atoms with Crippen LogP contribution in [0.15, 0.2) is 35.2 Å². The summed E-state index contributed by atoms with van der Waals surface area (Å²) in [7, 11) is -3.12. The molecule has 1 aromatic rings. The summed E-state index contributed by atoms with van der Waals surface area (Å²) in [6.07, 6.45) is 3.27. The minimum Gasteiger partial charge on any atom is -0.223 e. The van der Waals surface area contributed by atoms with E-state index in [2.05, 4.69) is 15.9 Å². The first-order chi connectivity index (χ1) is 8.12. The number of fused-ring (bicyclic) bond motifs is 2.